The van der Waals surface area contributed by atoms with Gasteiger partial charge in [-0.1, -0.05) is 42.5 Å². The van der Waals surface area contributed by atoms with E-state index in [4.69, 9.17) is 14.2 Å². The molecule has 2 fully saturated rings. The fourth-order valence-corrected chi connectivity index (χ4v) is 3.92. The van der Waals surface area contributed by atoms with E-state index in [1.807, 2.05) is 54.6 Å². The first-order valence-electron chi connectivity index (χ1n) is 9.20. The molecule has 0 atom stereocenters. The Hall–Kier alpha value is -2.35. The summed E-state index contributed by atoms with van der Waals surface area (Å²) in [5.41, 5.74) is 1.73. The van der Waals surface area contributed by atoms with Crippen molar-refractivity contribution in [1.29, 1.82) is 5.26 Å². The maximum Gasteiger partial charge on any atom is 0.168 e. The first-order valence-corrected chi connectivity index (χ1v) is 9.20. The van der Waals surface area contributed by atoms with Gasteiger partial charge in [-0.25, -0.2) is 0 Å². The molecule has 0 unspecified atom stereocenters. The van der Waals surface area contributed by atoms with Crippen molar-refractivity contribution in [1.82, 2.24) is 0 Å². The van der Waals surface area contributed by atoms with E-state index in [-0.39, 0.29) is 0 Å². The van der Waals surface area contributed by atoms with Crippen LogP contribution >= 0.6 is 0 Å². The van der Waals surface area contributed by atoms with E-state index in [2.05, 4.69) is 6.07 Å². The molecule has 4 rings (SSSR count). The third-order valence-corrected chi connectivity index (χ3v) is 5.55. The van der Waals surface area contributed by atoms with E-state index in [0.29, 0.717) is 19.8 Å². The number of rotatable bonds is 4. The SMILES string of the molecule is N#CC1(c2ccc(OCc3ccccc3)cc2)CCC2(CC1)OCCO2. The summed E-state index contributed by atoms with van der Waals surface area (Å²) in [6.45, 7) is 1.86. The molecule has 1 saturated carbocycles. The normalized spacial score (nSPS) is 20.6. The highest BCUT2D eigenvalue weighted by Gasteiger charge is 2.47. The van der Waals surface area contributed by atoms with Crippen molar-refractivity contribution in [3.8, 4) is 11.8 Å². The minimum atomic E-state index is -0.460. The highest BCUT2D eigenvalue weighted by molar-refractivity contribution is 5.37. The van der Waals surface area contributed by atoms with Gasteiger partial charge in [-0.3, -0.25) is 0 Å². The molecule has 1 saturated heterocycles. The molecular weight excluding hydrogens is 326 g/mol. The zero-order valence-corrected chi connectivity index (χ0v) is 14.8. The topological polar surface area (TPSA) is 51.5 Å². The lowest BCUT2D eigenvalue weighted by atomic mass is 9.69. The highest BCUT2D eigenvalue weighted by atomic mass is 16.7. The summed E-state index contributed by atoms with van der Waals surface area (Å²) < 4.78 is 17.4. The van der Waals surface area contributed by atoms with E-state index >= 15 is 0 Å². The Bertz CT molecular complexity index is 763. The van der Waals surface area contributed by atoms with Gasteiger partial charge in [0.1, 0.15) is 12.4 Å². The van der Waals surface area contributed by atoms with Crippen molar-refractivity contribution in [2.45, 2.75) is 43.5 Å². The molecule has 0 N–H and O–H groups in total. The lowest BCUT2D eigenvalue weighted by molar-refractivity contribution is -0.182. The second kappa shape index (κ2) is 7.11. The van der Waals surface area contributed by atoms with Crippen molar-refractivity contribution in [2.75, 3.05) is 13.2 Å². The van der Waals surface area contributed by atoms with Crippen LogP contribution in [0.2, 0.25) is 0 Å². The number of ether oxygens (including phenoxy) is 3. The van der Waals surface area contributed by atoms with Crippen molar-refractivity contribution in [3.63, 3.8) is 0 Å². The Morgan fingerprint density at radius 1 is 0.885 bits per heavy atom. The van der Waals surface area contributed by atoms with Crippen molar-refractivity contribution in [2.24, 2.45) is 0 Å². The van der Waals surface area contributed by atoms with Crippen LogP contribution in [0.4, 0.5) is 0 Å². The molecule has 0 radical (unpaired) electrons. The van der Waals surface area contributed by atoms with Crippen LogP contribution in [0.3, 0.4) is 0 Å². The van der Waals surface area contributed by atoms with Gasteiger partial charge in [0.2, 0.25) is 0 Å². The average Bonchev–Trinajstić information content (AvgIpc) is 3.17. The van der Waals surface area contributed by atoms with Gasteiger partial charge in [0.05, 0.1) is 24.7 Å². The summed E-state index contributed by atoms with van der Waals surface area (Å²) in [4.78, 5) is 0. The largest absolute Gasteiger partial charge is 0.489 e. The van der Waals surface area contributed by atoms with Gasteiger partial charge in [0.25, 0.3) is 0 Å². The van der Waals surface area contributed by atoms with Crippen LogP contribution in [-0.2, 0) is 21.5 Å². The van der Waals surface area contributed by atoms with E-state index in [9.17, 15) is 5.26 Å². The van der Waals surface area contributed by atoms with Crippen molar-refractivity contribution >= 4 is 0 Å². The molecule has 0 amide bonds. The van der Waals surface area contributed by atoms with Crippen molar-refractivity contribution in [3.05, 3.63) is 65.7 Å². The summed E-state index contributed by atoms with van der Waals surface area (Å²) in [6.07, 6.45) is 3.06. The van der Waals surface area contributed by atoms with Gasteiger partial charge in [0, 0.05) is 12.8 Å². The third-order valence-electron chi connectivity index (χ3n) is 5.55. The van der Waals surface area contributed by atoms with Gasteiger partial charge in [-0.15, -0.1) is 0 Å². The lowest BCUT2D eigenvalue weighted by Gasteiger charge is -2.40. The minimum Gasteiger partial charge on any atom is -0.489 e. The zero-order chi connectivity index (χ0) is 17.9. The van der Waals surface area contributed by atoms with E-state index in [0.717, 1.165) is 42.6 Å². The fraction of sp³-hybridized carbons (Fsp3) is 0.409. The molecule has 0 bridgehead atoms. The number of hydrogen-bond donors (Lipinski definition) is 0. The smallest absolute Gasteiger partial charge is 0.168 e. The Labute approximate surface area is 154 Å². The molecule has 4 nitrogen and oxygen atoms in total. The average molecular weight is 349 g/mol. The van der Waals surface area contributed by atoms with Gasteiger partial charge in [-0.05, 0) is 36.1 Å². The lowest BCUT2D eigenvalue weighted by Crippen LogP contribution is -2.41. The predicted octanol–water partition coefficient (Wildman–Crippen LogP) is 4.34. The fourth-order valence-electron chi connectivity index (χ4n) is 3.92. The van der Waals surface area contributed by atoms with Gasteiger partial charge < -0.3 is 14.2 Å². The van der Waals surface area contributed by atoms with Crippen LogP contribution in [0, 0.1) is 11.3 Å². The standard InChI is InChI=1S/C22H23NO3/c23-17-21(10-12-22(13-11-21)25-14-15-26-22)19-6-8-20(9-7-19)24-16-18-4-2-1-3-5-18/h1-9H,10-16H2. The molecule has 1 aliphatic heterocycles. The van der Waals surface area contributed by atoms with Crippen LogP contribution in [0.25, 0.3) is 0 Å². The van der Waals surface area contributed by atoms with Crippen LogP contribution in [0.15, 0.2) is 54.6 Å². The Balaban J connectivity index is 1.43. The molecule has 2 aromatic rings. The molecule has 2 aromatic carbocycles. The molecule has 4 heteroatoms. The second-order valence-electron chi connectivity index (χ2n) is 7.10. The third kappa shape index (κ3) is 3.33. The Morgan fingerprint density at radius 3 is 2.15 bits per heavy atom. The quantitative estimate of drug-likeness (QED) is 0.824. The molecular formula is C22H23NO3. The number of benzene rings is 2. The molecule has 1 aliphatic carbocycles. The molecule has 1 heterocycles. The van der Waals surface area contributed by atoms with Crippen LogP contribution in [0.1, 0.15) is 36.8 Å². The molecule has 0 aromatic heterocycles. The number of nitriles is 1. The first-order chi connectivity index (χ1) is 12.7. The van der Waals surface area contributed by atoms with E-state index < -0.39 is 11.2 Å². The van der Waals surface area contributed by atoms with Gasteiger partial charge in [-0.2, -0.15) is 5.26 Å². The maximum absolute atomic E-state index is 9.88. The van der Waals surface area contributed by atoms with Gasteiger partial charge >= 0.3 is 0 Å². The van der Waals surface area contributed by atoms with E-state index in [1.54, 1.807) is 0 Å². The second-order valence-corrected chi connectivity index (χ2v) is 7.10. The number of nitrogens with zero attached hydrogens (tertiary/aromatic N) is 1. The zero-order valence-electron chi connectivity index (χ0n) is 14.8. The Kier molecular flexibility index (Phi) is 4.67. The number of hydrogen-bond acceptors (Lipinski definition) is 4. The summed E-state index contributed by atoms with van der Waals surface area (Å²) in [5.74, 6) is 0.374. The monoisotopic (exact) mass is 349 g/mol. The summed E-state index contributed by atoms with van der Waals surface area (Å²) in [7, 11) is 0. The first kappa shape index (κ1) is 17.1. The molecule has 1 spiro atoms. The van der Waals surface area contributed by atoms with E-state index in [1.165, 1.54) is 0 Å². The minimum absolute atomic E-state index is 0.445. The van der Waals surface area contributed by atoms with Crippen LogP contribution in [-0.4, -0.2) is 19.0 Å². The summed E-state index contributed by atoms with van der Waals surface area (Å²) in [6, 6.07) is 20.6. The maximum atomic E-state index is 9.88. The summed E-state index contributed by atoms with van der Waals surface area (Å²) >= 11 is 0. The van der Waals surface area contributed by atoms with Crippen LogP contribution in [0.5, 0.6) is 5.75 Å². The molecule has 2 aliphatic rings. The molecule has 26 heavy (non-hydrogen) atoms. The van der Waals surface area contributed by atoms with Crippen molar-refractivity contribution < 1.29 is 14.2 Å². The molecule has 134 valence electrons. The highest BCUT2D eigenvalue weighted by Crippen LogP contribution is 2.46. The summed E-state index contributed by atoms with van der Waals surface area (Å²) in [5, 5.41) is 9.88. The van der Waals surface area contributed by atoms with Crippen LogP contribution < -0.4 is 4.74 Å². The van der Waals surface area contributed by atoms with Gasteiger partial charge in [0.15, 0.2) is 5.79 Å². The predicted molar refractivity (Wildman–Crippen MR) is 97.6 cm³/mol. The Morgan fingerprint density at radius 2 is 1.54 bits per heavy atom.